The summed E-state index contributed by atoms with van der Waals surface area (Å²) in [5.74, 6) is -0.924. The van der Waals surface area contributed by atoms with Crippen LogP contribution in [-0.2, 0) is 14.8 Å². The number of rotatable bonds is 3. The highest BCUT2D eigenvalue weighted by molar-refractivity contribution is 7.89. The van der Waals surface area contributed by atoms with Crippen LogP contribution in [0.25, 0.3) is 10.9 Å². The van der Waals surface area contributed by atoms with Crippen LogP contribution < -0.4 is 0 Å². The molecule has 0 spiro atoms. The van der Waals surface area contributed by atoms with E-state index in [-0.39, 0.29) is 16.9 Å². The number of fused-ring (bicyclic) bond motifs is 2. The number of sulfonamides is 1. The molecule has 7 heteroatoms. The fourth-order valence-electron chi connectivity index (χ4n) is 4.60. The first-order valence-electron chi connectivity index (χ1n) is 9.02. The van der Waals surface area contributed by atoms with E-state index in [1.54, 1.807) is 30.5 Å². The van der Waals surface area contributed by atoms with E-state index in [0.29, 0.717) is 17.3 Å². The Morgan fingerprint density at radius 2 is 2.00 bits per heavy atom. The minimum absolute atomic E-state index is 0.134. The van der Waals surface area contributed by atoms with Crippen LogP contribution >= 0.6 is 0 Å². The second kappa shape index (κ2) is 6.32. The summed E-state index contributed by atoms with van der Waals surface area (Å²) < 4.78 is 28.4. The topological polar surface area (TPSA) is 87.6 Å². The van der Waals surface area contributed by atoms with Crippen LogP contribution in [0.1, 0.15) is 37.7 Å². The van der Waals surface area contributed by atoms with Crippen molar-refractivity contribution in [2.45, 2.75) is 56.0 Å². The first kappa shape index (κ1) is 17.4. The van der Waals surface area contributed by atoms with Crippen molar-refractivity contribution in [1.29, 1.82) is 0 Å². The maximum Gasteiger partial charge on any atom is 0.322 e. The zero-order valence-corrected chi connectivity index (χ0v) is 15.4. The van der Waals surface area contributed by atoms with Crippen molar-refractivity contribution in [2.24, 2.45) is 5.92 Å². The van der Waals surface area contributed by atoms with Gasteiger partial charge in [0, 0.05) is 17.6 Å². The van der Waals surface area contributed by atoms with E-state index in [1.165, 1.54) is 4.31 Å². The molecule has 1 aliphatic heterocycles. The smallest absolute Gasteiger partial charge is 0.322 e. The summed E-state index contributed by atoms with van der Waals surface area (Å²) >= 11 is 0. The minimum atomic E-state index is -3.93. The van der Waals surface area contributed by atoms with E-state index >= 15 is 0 Å². The van der Waals surface area contributed by atoms with Crippen LogP contribution in [0.5, 0.6) is 0 Å². The van der Waals surface area contributed by atoms with Crippen molar-refractivity contribution in [2.75, 3.05) is 0 Å². The van der Waals surface area contributed by atoms with Gasteiger partial charge in [-0.25, -0.2) is 8.42 Å². The van der Waals surface area contributed by atoms with Gasteiger partial charge in [-0.1, -0.05) is 18.9 Å². The lowest BCUT2D eigenvalue weighted by atomic mass is 9.85. The average Bonchev–Trinajstić information content (AvgIpc) is 3.03. The number of benzene rings is 1. The number of aliphatic carboxylic acids is 1. The highest BCUT2D eigenvalue weighted by atomic mass is 32.2. The van der Waals surface area contributed by atoms with Crippen LogP contribution in [0.4, 0.5) is 0 Å². The summed E-state index contributed by atoms with van der Waals surface area (Å²) in [5, 5.41) is 10.2. The normalized spacial score (nSPS) is 26.7. The average molecular weight is 374 g/mol. The number of aryl methyl sites for hydroxylation is 1. The number of carboxylic acid groups (broad SMARTS) is 1. The van der Waals surface area contributed by atoms with Crippen molar-refractivity contribution in [3.05, 3.63) is 36.0 Å². The van der Waals surface area contributed by atoms with E-state index < -0.39 is 22.0 Å². The van der Waals surface area contributed by atoms with E-state index in [0.717, 1.165) is 31.2 Å². The third-order valence-electron chi connectivity index (χ3n) is 5.80. The summed E-state index contributed by atoms with van der Waals surface area (Å²) in [7, 11) is -3.93. The Morgan fingerprint density at radius 3 is 2.77 bits per heavy atom. The number of hydrogen-bond acceptors (Lipinski definition) is 4. The van der Waals surface area contributed by atoms with Gasteiger partial charge in [0.15, 0.2) is 0 Å². The van der Waals surface area contributed by atoms with E-state index in [9.17, 15) is 18.3 Å². The molecule has 2 fully saturated rings. The molecule has 2 aliphatic rings. The summed E-state index contributed by atoms with van der Waals surface area (Å²) in [6.45, 7) is 1.89. The summed E-state index contributed by atoms with van der Waals surface area (Å²) in [4.78, 5) is 16.3. The van der Waals surface area contributed by atoms with Crippen molar-refractivity contribution >= 4 is 26.9 Å². The molecule has 0 amide bonds. The SMILES string of the molecule is Cc1ccc(S(=O)(=O)N2C(C(=O)O)CC3CCCCC32)c2cccnc12. The third-order valence-corrected chi connectivity index (χ3v) is 7.79. The van der Waals surface area contributed by atoms with Gasteiger partial charge in [0.2, 0.25) is 10.0 Å². The lowest BCUT2D eigenvalue weighted by molar-refractivity contribution is -0.141. The molecular weight excluding hydrogens is 352 g/mol. The molecule has 0 bridgehead atoms. The quantitative estimate of drug-likeness (QED) is 0.892. The van der Waals surface area contributed by atoms with Gasteiger partial charge >= 0.3 is 5.97 Å². The van der Waals surface area contributed by atoms with Crippen LogP contribution in [0, 0.1) is 12.8 Å². The minimum Gasteiger partial charge on any atom is -0.480 e. The van der Waals surface area contributed by atoms with Gasteiger partial charge in [-0.15, -0.1) is 0 Å². The lowest BCUT2D eigenvalue weighted by Crippen LogP contribution is -2.46. The maximum atomic E-state index is 13.6. The molecule has 6 nitrogen and oxygen atoms in total. The van der Waals surface area contributed by atoms with Gasteiger partial charge in [0.25, 0.3) is 0 Å². The number of carboxylic acids is 1. The maximum absolute atomic E-state index is 13.6. The van der Waals surface area contributed by atoms with Crippen LogP contribution in [-0.4, -0.2) is 40.9 Å². The van der Waals surface area contributed by atoms with Crippen molar-refractivity contribution < 1.29 is 18.3 Å². The standard InChI is InChI=1S/C19H22N2O4S/c1-12-8-9-17(14-6-4-10-20-18(12)14)26(24,25)21-15-7-3-2-5-13(15)11-16(21)19(22)23/h4,6,8-10,13,15-16H,2-3,5,7,11H2,1H3,(H,22,23). The van der Waals surface area contributed by atoms with Gasteiger partial charge in [0.05, 0.1) is 10.4 Å². The Hall–Kier alpha value is -1.99. The zero-order chi connectivity index (χ0) is 18.5. The van der Waals surface area contributed by atoms with Gasteiger partial charge in [0.1, 0.15) is 6.04 Å². The molecule has 1 N–H and O–H groups in total. The third kappa shape index (κ3) is 2.61. The molecule has 138 valence electrons. The Balaban J connectivity index is 1.88. The molecule has 4 rings (SSSR count). The zero-order valence-electron chi connectivity index (χ0n) is 14.6. The molecule has 2 aromatic rings. The predicted molar refractivity (Wildman–Crippen MR) is 97.3 cm³/mol. The monoisotopic (exact) mass is 374 g/mol. The molecule has 1 saturated heterocycles. The first-order chi connectivity index (χ1) is 12.4. The predicted octanol–water partition coefficient (Wildman–Crippen LogP) is 2.95. The number of aromatic nitrogens is 1. The Kier molecular flexibility index (Phi) is 4.23. The highest BCUT2D eigenvalue weighted by Crippen LogP contribution is 2.43. The Morgan fingerprint density at radius 1 is 1.23 bits per heavy atom. The van der Waals surface area contributed by atoms with Gasteiger partial charge < -0.3 is 5.11 Å². The summed E-state index contributed by atoms with van der Waals surface area (Å²) in [6, 6.07) is 5.58. The molecular formula is C19H22N2O4S. The van der Waals surface area contributed by atoms with Crippen molar-refractivity contribution in [3.8, 4) is 0 Å². The van der Waals surface area contributed by atoms with E-state index in [1.807, 2.05) is 6.92 Å². The Bertz CT molecular complexity index is 973. The molecule has 3 unspecified atom stereocenters. The molecule has 1 saturated carbocycles. The molecule has 26 heavy (non-hydrogen) atoms. The van der Waals surface area contributed by atoms with Gasteiger partial charge in [-0.2, -0.15) is 4.31 Å². The van der Waals surface area contributed by atoms with E-state index in [2.05, 4.69) is 4.98 Å². The second-order valence-electron chi connectivity index (χ2n) is 7.32. The molecule has 2 heterocycles. The Labute approximate surface area is 152 Å². The fourth-order valence-corrected chi connectivity index (χ4v) is 6.66. The number of carbonyl (C=O) groups is 1. The fraction of sp³-hybridized carbons (Fsp3) is 0.474. The number of nitrogens with zero attached hydrogens (tertiary/aromatic N) is 2. The molecule has 1 aromatic carbocycles. The molecule has 0 radical (unpaired) electrons. The highest BCUT2D eigenvalue weighted by Gasteiger charge is 2.51. The van der Waals surface area contributed by atoms with E-state index in [4.69, 9.17) is 0 Å². The summed E-state index contributed by atoms with van der Waals surface area (Å²) in [6.07, 6.45) is 5.65. The van der Waals surface area contributed by atoms with Crippen molar-refractivity contribution in [3.63, 3.8) is 0 Å². The van der Waals surface area contributed by atoms with Crippen LogP contribution in [0.15, 0.2) is 35.4 Å². The largest absolute Gasteiger partial charge is 0.480 e. The van der Waals surface area contributed by atoms with Crippen LogP contribution in [0.2, 0.25) is 0 Å². The van der Waals surface area contributed by atoms with Gasteiger partial charge in [-0.3, -0.25) is 9.78 Å². The molecule has 1 aromatic heterocycles. The first-order valence-corrected chi connectivity index (χ1v) is 10.5. The summed E-state index contributed by atoms with van der Waals surface area (Å²) in [5.41, 5.74) is 1.53. The lowest BCUT2D eigenvalue weighted by Gasteiger charge is -2.32. The molecule has 3 atom stereocenters. The molecule has 1 aliphatic carbocycles. The van der Waals surface area contributed by atoms with Crippen LogP contribution in [0.3, 0.4) is 0 Å². The van der Waals surface area contributed by atoms with Crippen molar-refractivity contribution in [1.82, 2.24) is 9.29 Å². The number of hydrogen-bond donors (Lipinski definition) is 1. The van der Waals surface area contributed by atoms with Gasteiger partial charge in [-0.05, 0) is 55.9 Å². The number of pyridine rings is 1. The second-order valence-corrected chi connectivity index (χ2v) is 9.13.